The third kappa shape index (κ3) is 4.18. The van der Waals surface area contributed by atoms with Crippen molar-refractivity contribution < 1.29 is 22.8 Å². The van der Waals surface area contributed by atoms with E-state index in [0.717, 1.165) is 29.8 Å². The van der Waals surface area contributed by atoms with Crippen LogP contribution >= 0.6 is 0 Å². The second-order valence-electron chi connectivity index (χ2n) is 8.87. The van der Waals surface area contributed by atoms with Crippen molar-refractivity contribution in [2.45, 2.75) is 39.0 Å². The zero-order chi connectivity index (χ0) is 24.7. The van der Waals surface area contributed by atoms with Gasteiger partial charge in [-0.2, -0.15) is 0 Å². The molecule has 0 radical (unpaired) electrons. The first kappa shape index (κ1) is 22.8. The Kier molecular flexibility index (Phi) is 5.84. The Morgan fingerprint density at radius 3 is 2.60 bits per heavy atom. The lowest BCUT2D eigenvalue weighted by molar-refractivity contribution is -0.116. The molecule has 2 heterocycles. The number of hydrogen-bond acceptors (Lipinski definition) is 4. The maximum Gasteiger partial charge on any atom is 0.254 e. The van der Waals surface area contributed by atoms with Crippen LogP contribution in [0.15, 0.2) is 81.6 Å². The number of carbonyl (C=O) groups excluding carboxylic acids is 2. The van der Waals surface area contributed by atoms with E-state index in [4.69, 9.17) is 4.42 Å². The molecule has 0 saturated carbocycles. The van der Waals surface area contributed by atoms with Gasteiger partial charge in [-0.05, 0) is 68.7 Å². The number of Topliss-reactive ketones (excluding diaryl/α,β-unsaturated/α-hetero) is 1. The molecule has 0 fully saturated rings. The molecule has 1 unspecified atom stereocenters. The number of dihydropyridines is 1. The van der Waals surface area contributed by atoms with E-state index in [1.54, 1.807) is 12.1 Å². The van der Waals surface area contributed by atoms with Crippen LogP contribution in [0.1, 0.15) is 43.4 Å². The van der Waals surface area contributed by atoms with Gasteiger partial charge < -0.3 is 15.1 Å². The van der Waals surface area contributed by atoms with Gasteiger partial charge in [-0.15, -0.1) is 0 Å². The summed E-state index contributed by atoms with van der Waals surface area (Å²) in [5.41, 5.74) is 4.28. The third-order valence-electron chi connectivity index (χ3n) is 6.53. The van der Waals surface area contributed by atoms with Gasteiger partial charge >= 0.3 is 0 Å². The Bertz CT molecular complexity index is 1420. The molecule has 2 aliphatic rings. The van der Waals surface area contributed by atoms with Gasteiger partial charge in [0.25, 0.3) is 5.91 Å². The van der Waals surface area contributed by atoms with Gasteiger partial charge in [0.15, 0.2) is 17.4 Å². The number of para-hydroxylation sites is 1. The number of hydrogen-bond donors (Lipinski definition) is 2. The molecule has 0 saturated heterocycles. The smallest absolute Gasteiger partial charge is 0.254 e. The second kappa shape index (κ2) is 8.98. The van der Waals surface area contributed by atoms with E-state index in [2.05, 4.69) is 10.6 Å². The summed E-state index contributed by atoms with van der Waals surface area (Å²) < 4.78 is 33.3. The van der Waals surface area contributed by atoms with E-state index in [9.17, 15) is 18.4 Å². The highest BCUT2D eigenvalue weighted by atomic mass is 19.2. The minimum atomic E-state index is -0.983. The summed E-state index contributed by atoms with van der Waals surface area (Å²) in [6, 6.07) is 14.3. The molecule has 0 spiro atoms. The summed E-state index contributed by atoms with van der Waals surface area (Å²) in [5.74, 6) is -2.32. The lowest BCUT2D eigenvalue weighted by Gasteiger charge is -2.33. The van der Waals surface area contributed by atoms with Gasteiger partial charge in [0.1, 0.15) is 11.5 Å². The predicted molar refractivity (Wildman–Crippen MR) is 128 cm³/mol. The van der Waals surface area contributed by atoms with Crippen LogP contribution in [0, 0.1) is 18.6 Å². The number of ketones is 1. The first-order chi connectivity index (χ1) is 16.8. The Hall–Kier alpha value is -4.00. The third-order valence-corrected chi connectivity index (χ3v) is 6.53. The van der Waals surface area contributed by atoms with E-state index < -0.39 is 17.6 Å². The number of furan rings is 1. The molecular weight excluding hydrogens is 450 g/mol. The fraction of sp³-hybridized carbons (Fsp3) is 0.214. The van der Waals surface area contributed by atoms with Gasteiger partial charge in [-0.25, -0.2) is 8.78 Å². The second-order valence-corrected chi connectivity index (χ2v) is 8.87. The van der Waals surface area contributed by atoms with Gasteiger partial charge in [0.2, 0.25) is 0 Å². The lowest BCUT2D eigenvalue weighted by atomic mass is 9.77. The highest BCUT2D eigenvalue weighted by molar-refractivity contribution is 6.09. The van der Waals surface area contributed by atoms with E-state index in [1.165, 1.54) is 6.07 Å². The average Bonchev–Trinajstić information content (AvgIpc) is 3.31. The van der Waals surface area contributed by atoms with Crippen LogP contribution in [-0.2, 0) is 9.59 Å². The lowest BCUT2D eigenvalue weighted by Crippen LogP contribution is -2.35. The molecule has 1 atom stereocenters. The summed E-state index contributed by atoms with van der Waals surface area (Å²) in [6.45, 7) is 3.71. The number of amides is 1. The molecule has 3 aromatic rings. The van der Waals surface area contributed by atoms with Gasteiger partial charge in [0.05, 0.1) is 11.5 Å². The predicted octanol–water partition coefficient (Wildman–Crippen LogP) is 6.14. The average molecular weight is 475 g/mol. The first-order valence-electron chi connectivity index (χ1n) is 11.5. The van der Waals surface area contributed by atoms with E-state index in [-0.39, 0.29) is 11.7 Å². The van der Waals surface area contributed by atoms with Crippen molar-refractivity contribution in [3.8, 4) is 11.3 Å². The maximum absolute atomic E-state index is 13.8. The van der Waals surface area contributed by atoms with Crippen molar-refractivity contribution in [1.29, 1.82) is 0 Å². The molecule has 5 rings (SSSR count). The van der Waals surface area contributed by atoms with Gasteiger partial charge in [0, 0.05) is 34.6 Å². The molecule has 1 aromatic heterocycles. The summed E-state index contributed by atoms with van der Waals surface area (Å²) in [5, 5.41) is 6.25. The Balaban J connectivity index is 1.58. The molecule has 2 N–H and O–H groups in total. The zero-order valence-electron chi connectivity index (χ0n) is 19.4. The highest BCUT2D eigenvalue weighted by Crippen LogP contribution is 2.44. The first-order valence-corrected chi connectivity index (χ1v) is 11.5. The normalized spacial score (nSPS) is 17.8. The number of benzene rings is 2. The zero-order valence-corrected chi connectivity index (χ0v) is 19.4. The summed E-state index contributed by atoms with van der Waals surface area (Å²) in [4.78, 5) is 26.7. The van der Waals surface area contributed by atoms with Crippen molar-refractivity contribution in [2.75, 3.05) is 5.32 Å². The number of halogens is 2. The SMILES string of the molecule is CC1=C(C(=O)Nc2ccccc2C)C(c2ccc(-c3ccc(F)c(F)c3)o2)C2=C(CCCC2=O)N1. The molecular formula is C28H24F2N2O3. The van der Waals surface area contributed by atoms with Crippen LogP contribution in [0.5, 0.6) is 0 Å². The van der Waals surface area contributed by atoms with Crippen LogP contribution in [0.25, 0.3) is 11.3 Å². The van der Waals surface area contributed by atoms with Crippen LogP contribution in [-0.4, -0.2) is 11.7 Å². The quantitative estimate of drug-likeness (QED) is 0.477. The molecule has 7 heteroatoms. The molecule has 1 aliphatic heterocycles. The van der Waals surface area contributed by atoms with Crippen molar-refractivity contribution in [1.82, 2.24) is 5.32 Å². The van der Waals surface area contributed by atoms with Crippen molar-refractivity contribution in [3.63, 3.8) is 0 Å². The maximum atomic E-state index is 13.8. The van der Waals surface area contributed by atoms with Crippen LogP contribution in [0.4, 0.5) is 14.5 Å². The molecule has 178 valence electrons. The number of nitrogens with one attached hydrogen (secondary N) is 2. The van der Waals surface area contributed by atoms with Crippen LogP contribution in [0.3, 0.4) is 0 Å². The van der Waals surface area contributed by atoms with E-state index >= 15 is 0 Å². The Labute approximate surface area is 201 Å². The molecule has 5 nitrogen and oxygen atoms in total. The molecule has 35 heavy (non-hydrogen) atoms. The molecule has 0 bridgehead atoms. The molecule has 1 aliphatic carbocycles. The Morgan fingerprint density at radius 2 is 1.83 bits per heavy atom. The topological polar surface area (TPSA) is 71.3 Å². The fourth-order valence-electron chi connectivity index (χ4n) is 4.78. The van der Waals surface area contributed by atoms with E-state index in [1.807, 2.05) is 38.1 Å². The van der Waals surface area contributed by atoms with Crippen molar-refractivity contribution >= 4 is 17.4 Å². The van der Waals surface area contributed by atoms with Gasteiger partial charge in [-0.1, -0.05) is 18.2 Å². The summed E-state index contributed by atoms with van der Waals surface area (Å²) in [7, 11) is 0. The fourth-order valence-corrected chi connectivity index (χ4v) is 4.78. The van der Waals surface area contributed by atoms with Crippen LogP contribution in [0.2, 0.25) is 0 Å². The summed E-state index contributed by atoms with van der Waals surface area (Å²) in [6.07, 6.45) is 1.81. The van der Waals surface area contributed by atoms with Crippen molar-refractivity contribution in [2.24, 2.45) is 0 Å². The highest BCUT2D eigenvalue weighted by Gasteiger charge is 2.40. The minimum Gasteiger partial charge on any atom is -0.460 e. The minimum absolute atomic E-state index is 0.0387. The van der Waals surface area contributed by atoms with Crippen LogP contribution < -0.4 is 10.6 Å². The molecule has 1 amide bonds. The van der Waals surface area contributed by atoms with E-state index in [0.29, 0.717) is 52.5 Å². The monoisotopic (exact) mass is 474 g/mol. The number of carbonyl (C=O) groups is 2. The van der Waals surface area contributed by atoms with Gasteiger partial charge in [-0.3, -0.25) is 9.59 Å². The standard InChI is InChI=1S/C28H24F2N2O3/c1-15-6-3-4-7-20(15)32-28(34)25-16(2)31-21-8-5-9-22(33)26(21)27(25)24-13-12-23(35-24)17-10-11-18(29)19(30)14-17/h3-4,6-7,10-14,27,31H,5,8-9H2,1-2H3,(H,32,34). The molecule has 2 aromatic carbocycles. The number of aryl methyl sites for hydroxylation is 1. The number of rotatable bonds is 4. The number of allylic oxidation sites excluding steroid dienone is 3. The van der Waals surface area contributed by atoms with Crippen molar-refractivity contribution in [3.05, 3.63) is 100 Å². The summed E-state index contributed by atoms with van der Waals surface area (Å²) >= 11 is 0. The number of anilines is 1. The largest absolute Gasteiger partial charge is 0.460 e. The Morgan fingerprint density at radius 1 is 1.03 bits per heavy atom.